The second kappa shape index (κ2) is 8.34. The highest BCUT2D eigenvalue weighted by molar-refractivity contribution is 6.34. The molecule has 0 atom stereocenters. The van der Waals surface area contributed by atoms with Gasteiger partial charge in [0.2, 0.25) is 11.9 Å². The number of aromatic nitrogens is 5. The van der Waals surface area contributed by atoms with E-state index >= 15 is 0 Å². The van der Waals surface area contributed by atoms with Crippen LogP contribution in [0.4, 0.5) is 11.9 Å². The van der Waals surface area contributed by atoms with Crippen LogP contribution in [0.15, 0.2) is 42.7 Å². The van der Waals surface area contributed by atoms with Gasteiger partial charge in [0.25, 0.3) is 11.8 Å². The lowest BCUT2D eigenvalue weighted by Gasteiger charge is -2.06. The van der Waals surface area contributed by atoms with Crippen LogP contribution in [0.25, 0.3) is 11.0 Å². The maximum atomic E-state index is 12.7. The normalized spacial score (nSPS) is 10.9. The van der Waals surface area contributed by atoms with Crippen LogP contribution in [-0.2, 0) is 6.42 Å². The zero-order chi connectivity index (χ0) is 21.1. The van der Waals surface area contributed by atoms with E-state index in [1.165, 1.54) is 6.20 Å². The van der Waals surface area contributed by atoms with Gasteiger partial charge in [0, 0.05) is 18.1 Å². The number of benzene rings is 1. The fourth-order valence-electron chi connectivity index (χ4n) is 2.99. The van der Waals surface area contributed by atoms with Gasteiger partial charge in [-0.2, -0.15) is 0 Å². The van der Waals surface area contributed by atoms with Crippen molar-refractivity contribution < 1.29 is 9.59 Å². The van der Waals surface area contributed by atoms with Crippen molar-refractivity contribution in [2.45, 2.75) is 19.8 Å². The zero-order valence-corrected chi connectivity index (χ0v) is 16.7. The zero-order valence-electron chi connectivity index (χ0n) is 16.0. The number of carbonyl (C=O) groups is 2. The summed E-state index contributed by atoms with van der Waals surface area (Å²) in [5.74, 6) is -0.351. The van der Waals surface area contributed by atoms with Crippen molar-refractivity contribution in [2.24, 2.45) is 0 Å². The number of nitrogens with one attached hydrogen (secondary N) is 4. The highest BCUT2D eigenvalue weighted by Crippen LogP contribution is 2.21. The number of hydrogen-bond donors (Lipinski definition) is 4. The van der Waals surface area contributed by atoms with Gasteiger partial charge in [-0.05, 0) is 30.7 Å². The van der Waals surface area contributed by atoms with Gasteiger partial charge in [0.05, 0.1) is 16.1 Å². The lowest BCUT2D eigenvalue weighted by molar-refractivity contribution is 0.101. The Bertz CT molecular complexity index is 1220. The van der Waals surface area contributed by atoms with Crippen LogP contribution in [0.2, 0.25) is 5.02 Å². The molecule has 0 spiro atoms. The molecular formula is C20H18ClN7O2. The number of H-pyrrole nitrogens is 2. The lowest BCUT2D eigenvalue weighted by Crippen LogP contribution is -2.16. The molecule has 9 nitrogen and oxygen atoms in total. The molecule has 0 bridgehead atoms. The quantitative estimate of drug-likeness (QED) is 0.375. The number of fused-ring (bicyclic) bond motifs is 1. The fraction of sp³-hybridized carbons (Fsp3) is 0.150. The number of carbonyl (C=O) groups excluding carboxylic acids is 2. The molecule has 10 heteroatoms. The second-order valence-electron chi connectivity index (χ2n) is 6.52. The summed E-state index contributed by atoms with van der Waals surface area (Å²) in [6.07, 6.45) is 4.79. The van der Waals surface area contributed by atoms with Gasteiger partial charge in [0.15, 0.2) is 0 Å². The summed E-state index contributed by atoms with van der Waals surface area (Å²) < 4.78 is 0. The molecule has 0 aliphatic carbocycles. The number of hydrogen-bond acceptors (Lipinski definition) is 5. The Morgan fingerprint density at radius 2 is 1.90 bits per heavy atom. The first kappa shape index (κ1) is 19.6. The Labute approximate surface area is 176 Å². The summed E-state index contributed by atoms with van der Waals surface area (Å²) in [5.41, 5.74) is 2.25. The molecule has 0 unspecified atom stereocenters. The van der Waals surface area contributed by atoms with Gasteiger partial charge in [0.1, 0.15) is 11.2 Å². The third kappa shape index (κ3) is 4.01. The molecule has 2 amide bonds. The Balaban J connectivity index is 1.59. The van der Waals surface area contributed by atoms with Gasteiger partial charge in [-0.25, -0.2) is 15.0 Å². The summed E-state index contributed by atoms with van der Waals surface area (Å²) in [6, 6.07) is 8.57. The van der Waals surface area contributed by atoms with Crippen molar-refractivity contribution in [3.8, 4) is 0 Å². The van der Waals surface area contributed by atoms with Crippen LogP contribution < -0.4 is 10.6 Å². The van der Waals surface area contributed by atoms with Crippen molar-refractivity contribution in [3.05, 3.63) is 64.7 Å². The van der Waals surface area contributed by atoms with Gasteiger partial charge in [-0.15, -0.1) is 0 Å². The third-order valence-corrected chi connectivity index (χ3v) is 4.65. The largest absolute Gasteiger partial charge is 0.331 e. The molecule has 0 saturated heterocycles. The van der Waals surface area contributed by atoms with E-state index in [0.29, 0.717) is 22.5 Å². The molecule has 3 aromatic heterocycles. The van der Waals surface area contributed by atoms with Crippen molar-refractivity contribution in [3.63, 3.8) is 0 Å². The first-order chi connectivity index (χ1) is 14.5. The standard InChI is InChI=1S/C20H18ClN7O2/c1-2-4-11-7-8-13(21)16(24-11)18(30)28-20-25-14-6-3-5-12(15(14)26-20)17(29)27-19-22-9-10-23-19/h3,5-10H,2,4H2,1H3,(H2,22,23,27,29)(H2,25,26,28,30). The molecule has 3 heterocycles. The summed E-state index contributed by atoms with van der Waals surface area (Å²) in [4.78, 5) is 43.8. The van der Waals surface area contributed by atoms with Crippen LogP contribution >= 0.6 is 11.6 Å². The first-order valence-electron chi connectivity index (χ1n) is 9.31. The molecule has 152 valence electrons. The lowest BCUT2D eigenvalue weighted by atomic mass is 10.2. The van der Waals surface area contributed by atoms with Crippen LogP contribution in [0, 0.1) is 0 Å². The average molecular weight is 424 g/mol. The van der Waals surface area contributed by atoms with Crippen LogP contribution in [-0.4, -0.2) is 36.7 Å². The van der Waals surface area contributed by atoms with Crippen molar-refractivity contribution in [1.29, 1.82) is 0 Å². The van der Waals surface area contributed by atoms with E-state index in [4.69, 9.17) is 11.6 Å². The molecule has 1 aromatic carbocycles. The highest BCUT2D eigenvalue weighted by Gasteiger charge is 2.18. The smallest absolute Gasteiger partial charge is 0.278 e. The molecule has 30 heavy (non-hydrogen) atoms. The number of nitrogens with zero attached hydrogens (tertiary/aromatic N) is 3. The van der Waals surface area contributed by atoms with Crippen molar-refractivity contribution in [1.82, 2.24) is 24.9 Å². The second-order valence-corrected chi connectivity index (χ2v) is 6.92. The number of halogens is 1. The summed E-state index contributed by atoms with van der Waals surface area (Å²) in [5, 5.41) is 5.58. The van der Waals surface area contributed by atoms with E-state index in [0.717, 1.165) is 18.5 Å². The van der Waals surface area contributed by atoms with Gasteiger partial charge in [-0.1, -0.05) is 31.0 Å². The molecule has 4 N–H and O–H groups in total. The number of aryl methyl sites for hydroxylation is 1. The summed E-state index contributed by atoms with van der Waals surface area (Å²) in [6.45, 7) is 2.03. The van der Waals surface area contributed by atoms with Crippen LogP contribution in [0.5, 0.6) is 0 Å². The van der Waals surface area contributed by atoms with E-state index < -0.39 is 5.91 Å². The minimum atomic E-state index is -0.487. The van der Waals surface area contributed by atoms with E-state index in [1.807, 2.05) is 6.92 Å². The van der Waals surface area contributed by atoms with E-state index in [1.54, 1.807) is 36.5 Å². The molecule has 0 aliphatic heterocycles. The predicted molar refractivity (Wildman–Crippen MR) is 114 cm³/mol. The SMILES string of the molecule is CCCc1ccc(Cl)c(C(=O)Nc2nc3c(C(=O)Nc4ncc[nH]4)cccc3[nH]2)n1. The Hall–Kier alpha value is -3.72. The molecule has 4 aromatic rings. The maximum Gasteiger partial charge on any atom is 0.278 e. The molecule has 0 aliphatic rings. The van der Waals surface area contributed by atoms with E-state index in [-0.39, 0.29) is 22.6 Å². The number of pyridine rings is 1. The summed E-state index contributed by atoms with van der Waals surface area (Å²) >= 11 is 6.15. The molecule has 0 fully saturated rings. The number of amides is 2. The monoisotopic (exact) mass is 423 g/mol. The minimum absolute atomic E-state index is 0.124. The minimum Gasteiger partial charge on any atom is -0.331 e. The number of anilines is 2. The number of imidazole rings is 2. The Kier molecular flexibility index (Phi) is 5.44. The molecular weight excluding hydrogens is 406 g/mol. The third-order valence-electron chi connectivity index (χ3n) is 4.34. The van der Waals surface area contributed by atoms with Gasteiger partial charge < -0.3 is 9.97 Å². The summed E-state index contributed by atoms with van der Waals surface area (Å²) in [7, 11) is 0. The first-order valence-corrected chi connectivity index (χ1v) is 9.69. The topological polar surface area (TPSA) is 128 Å². The van der Waals surface area contributed by atoms with Crippen LogP contribution in [0.1, 0.15) is 39.9 Å². The number of para-hydroxylation sites is 1. The molecule has 4 rings (SSSR count). The van der Waals surface area contributed by atoms with Gasteiger partial charge in [-0.3, -0.25) is 20.2 Å². The fourth-order valence-corrected chi connectivity index (χ4v) is 3.18. The van der Waals surface area contributed by atoms with Crippen molar-refractivity contribution in [2.75, 3.05) is 10.6 Å². The van der Waals surface area contributed by atoms with Crippen LogP contribution in [0.3, 0.4) is 0 Å². The Morgan fingerprint density at radius 3 is 2.67 bits per heavy atom. The van der Waals surface area contributed by atoms with E-state index in [2.05, 4.69) is 35.6 Å². The predicted octanol–water partition coefficient (Wildman–Crippen LogP) is 3.79. The molecule has 0 saturated carbocycles. The van der Waals surface area contributed by atoms with E-state index in [9.17, 15) is 9.59 Å². The van der Waals surface area contributed by atoms with Gasteiger partial charge >= 0.3 is 0 Å². The highest BCUT2D eigenvalue weighted by atomic mass is 35.5. The number of rotatable bonds is 6. The molecule has 0 radical (unpaired) electrons. The van der Waals surface area contributed by atoms with Crippen molar-refractivity contribution >= 4 is 46.3 Å². The Morgan fingerprint density at radius 1 is 1.07 bits per heavy atom. The number of aromatic amines is 2. The maximum absolute atomic E-state index is 12.7. The average Bonchev–Trinajstić information content (AvgIpc) is 3.38.